The van der Waals surface area contributed by atoms with Crippen molar-refractivity contribution in [3.63, 3.8) is 0 Å². The third-order valence-electron chi connectivity index (χ3n) is 5.29. The van der Waals surface area contributed by atoms with Gasteiger partial charge in [-0.15, -0.1) is 0 Å². The quantitative estimate of drug-likeness (QED) is 0.467. The zero-order valence-corrected chi connectivity index (χ0v) is 18.4. The maximum absolute atomic E-state index is 14.0. The summed E-state index contributed by atoms with van der Waals surface area (Å²) in [6.07, 6.45) is -5.16. The third kappa shape index (κ3) is 4.81. The van der Waals surface area contributed by atoms with Crippen LogP contribution in [0.4, 0.5) is 18.9 Å². The highest BCUT2D eigenvalue weighted by Gasteiger charge is 2.55. The first kappa shape index (κ1) is 23.8. The molecule has 1 atom stereocenters. The number of alkyl halides is 3. The van der Waals surface area contributed by atoms with Crippen LogP contribution in [0.3, 0.4) is 0 Å². The molecule has 3 aromatic rings. The van der Waals surface area contributed by atoms with E-state index in [2.05, 4.69) is 9.98 Å². The molecule has 0 aliphatic rings. The topological polar surface area (TPSA) is 74.7 Å². The van der Waals surface area contributed by atoms with Crippen LogP contribution in [0.25, 0.3) is 10.9 Å². The first-order chi connectivity index (χ1) is 14.9. The molecule has 0 radical (unpaired) electrons. The maximum Gasteiger partial charge on any atom is 0.422 e. The molecule has 1 aromatic heterocycles. The second-order valence-electron chi connectivity index (χ2n) is 8.15. The van der Waals surface area contributed by atoms with E-state index >= 15 is 0 Å². The third-order valence-corrected chi connectivity index (χ3v) is 5.61. The molecule has 1 unspecified atom stereocenters. The molecule has 5 nitrogen and oxygen atoms in total. The average Bonchev–Trinajstić information content (AvgIpc) is 2.71. The Morgan fingerprint density at radius 3 is 2.53 bits per heavy atom. The van der Waals surface area contributed by atoms with Crippen molar-refractivity contribution >= 4 is 34.4 Å². The van der Waals surface area contributed by atoms with Crippen molar-refractivity contribution in [2.45, 2.75) is 37.5 Å². The van der Waals surface area contributed by atoms with Crippen LogP contribution >= 0.6 is 11.6 Å². The Kier molecular flexibility index (Phi) is 6.40. The summed E-state index contributed by atoms with van der Waals surface area (Å²) >= 11 is 6.03. The van der Waals surface area contributed by atoms with Crippen molar-refractivity contribution in [3.8, 4) is 5.75 Å². The molecule has 9 heteroatoms. The SMILES string of the molecule is COc1cc(C(C)(C)CC(O)(/C=N/c2cccc3[nH]c(=O)ccc23)C(F)(F)F)ccc1Cl. The summed E-state index contributed by atoms with van der Waals surface area (Å²) in [5.74, 6) is 0.325. The number of benzene rings is 2. The minimum atomic E-state index is -4.98. The van der Waals surface area contributed by atoms with Gasteiger partial charge in [0.25, 0.3) is 0 Å². The smallest absolute Gasteiger partial charge is 0.422 e. The number of nitrogens with zero attached hydrogens (tertiary/aromatic N) is 1. The van der Waals surface area contributed by atoms with E-state index in [-0.39, 0.29) is 11.2 Å². The Labute approximate surface area is 187 Å². The molecule has 0 spiro atoms. The normalized spacial score (nSPS) is 14.6. The molecule has 0 fully saturated rings. The van der Waals surface area contributed by atoms with E-state index in [1.54, 1.807) is 38.1 Å². The van der Waals surface area contributed by atoms with Crippen LogP contribution in [-0.2, 0) is 5.41 Å². The highest BCUT2D eigenvalue weighted by molar-refractivity contribution is 6.32. The van der Waals surface area contributed by atoms with Gasteiger partial charge in [-0.25, -0.2) is 0 Å². The Balaban J connectivity index is 2.01. The molecule has 0 saturated heterocycles. The predicted molar refractivity (Wildman–Crippen MR) is 119 cm³/mol. The van der Waals surface area contributed by atoms with Crippen molar-refractivity contribution in [2.24, 2.45) is 4.99 Å². The van der Waals surface area contributed by atoms with Crippen LogP contribution < -0.4 is 10.3 Å². The van der Waals surface area contributed by atoms with Gasteiger partial charge in [0.05, 0.1) is 23.3 Å². The summed E-state index contributed by atoms with van der Waals surface area (Å²) in [5.41, 5.74) is -3.54. The fourth-order valence-corrected chi connectivity index (χ4v) is 3.73. The number of methoxy groups -OCH3 is 1. The fourth-order valence-electron chi connectivity index (χ4n) is 3.54. The van der Waals surface area contributed by atoms with Gasteiger partial charge >= 0.3 is 6.18 Å². The number of halogens is 4. The van der Waals surface area contributed by atoms with Crippen molar-refractivity contribution in [2.75, 3.05) is 7.11 Å². The Morgan fingerprint density at radius 1 is 1.16 bits per heavy atom. The number of aromatic nitrogens is 1. The second kappa shape index (κ2) is 8.60. The van der Waals surface area contributed by atoms with Crippen LogP contribution in [0.15, 0.2) is 58.3 Å². The molecule has 170 valence electrons. The van der Waals surface area contributed by atoms with E-state index in [4.69, 9.17) is 16.3 Å². The lowest BCUT2D eigenvalue weighted by Gasteiger charge is -2.35. The van der Waals surface area contributed by atoms with Gasteiger partial charge in [0.2, 0.25) is 5.56 Å². The zero-order valence-electron chi connectivity index (χ0n) is 17.6. The van der Waals surface area contributed by atoms with Gasteiger partial charge in [0, 0.05) is 17.7 Å². The van der Waals surface area contributed by atoms with E-state index < -0.39 is 23.6 Å². The molecule has 0 bridgehead atoms. The number of aromatic amines is 1. The van der Waals surface area contributed by atoms with Crippen LogP contribution in [0.1, 0.15) is 25.8 Å². The number of aliphatic hydroxyl groups is 1. The van der Waals surface area contributed by atoms with Crippen LogP contribution in [0.2, 0.25) is 5.02 Å². The molecular weight excluding hydrogens is 445 g/mol. The number of pyridine rings is 1. The number of hydrogen-bond acceptors (Lipinski definition) is 4. The first-order valence-electron chi connectivity index (χ1n) is 9.67. The second-order valence-corrected chi connectivity index (χ2v) is 8.56. The molecule has 2 N–H and O–H groups in total. The first-order valence-corrected chi connectivity index (χ1v) is 10.0. The zero-order chi connectivity index (χ0) is 23.7. The lowest BCUT2D eigenvalue weighted by atomic mass is 9.75. The van der Waals surface area contributed by atoms with Gasteiger partial charge in [0.1, 0.15) is 5.75 Å². The lowest BCUT2D eigenvalue weighted by Crippen LogP contribution is -2.50. The monoisotopic (exact) mass is 466 g/mol. The Hall–Kier alpha value is -2.84. The summed E-state index contributed by atoms with van der Waals surface area (Å²) in [6, 6.07) is 12.1. The van der Waals surface area contributed by atoms with Crippen LogP contribution in [0.5, 0.6) is 5.75 Å². The fraction of sp³-hybridized carbons (Fsp3) is 0.304. The van der Waals surface area contributed by atoms with Crippen molar-refractivity contribution < 1.29 is 23.0 Å². The van der Waals surface area contributed by atoms with Gasteiger partial charge in [0.15, 0.2) is 5.60 Å². The van der Waals surface area contributed by atoms with E-state index in [1.807, 2.05) is 0 Å². The summed E-state index contributed by atoms with van der Waals surface area (Å²) in [5, 5.41) is 11.5. The van der Waals surface area contributed by atoms with E-state index in [0.29, 0.717) is 33.5 Å². The highest BCUT2D eigenvalue weighted by atomic mass is 35.5. The van der Waals surface area contributed by atoms with E-state index in [9.17, 15) is 23.1 Å². The summed E-state index contributed by atoms with van der Waals surface area (Å²) in [6.45, 7) is 3.17. The Morgan fingerprint density at radius 2 is 1.88 bits per heavy atom. The van der Waals surface area contributed by atoms with E-state index in [0.717, 1.165) is 0 Å². The van der Waals surface area contributed by atoms with Crippen molar-refractivity contribution in [3.05, 3.63) is 69.5 Å². The summed E-state index contributed by atoms with van der Waals surface area (Å²) < 4.78 is 47.1. The summed E-state index contributed by atoms with van der Waals surface area (Å²) in [4.78, 5) is 18.1. The molecule has 0 aliphatic heterocycles. The number of nitrogens with one attached hydrogen (secondary N) is 1. The Bertz CT molecular complexity index is 1220. The molecule has 0 saturated carbocycles. The molecule has 2 aromatic carbocycles. The van der Waals surface area contributed by atoms with Crippen LogP contribution in [0, 0.1) is 0 Å². The number of aliphatic imine (C=N–C) groups is 1. The summed E-state index contributed by atoms with van der Waals surface area (Å²) in [7, 11) is 1.41. The van der Waals surface area contributed by atoms with Crippen molar-refractivity contribution in [1.82, 2.24) is 4.98 Å². The standard InChI is InChI=1S/C23H22ClF3N2O3/c1-21(2,14-7-9-16(24)19(11-14)32-3)12-22(31,23(25,26)27)13-28-17-5-4-6-18-15(17)8-10-20(30)29-18/h4-11,13,31H,12H2,1-3H3,(H,29,30)/b28-13+. The highest BCUT2D eigenvalue weighted by Crippen LogP contribution is 2.42. The van der Waals surface area contributed by atoms with Gasteiger partial charge in [-0.05, 0) is 47.7 Å². The maximum atomic E-state index is 14.0. The molecule has 0 aliphatic carbocycles. The number of ether oxygens (including phenoxy) is 1. The van der Waals surface area contributed by atoms with Crippen molar-refractivity contribution in [1.29, 1.82) is 0 Å². The minimum Gasteiger partial charge on any atom is -0.495 e. The molecule has 0 amide bonds. The van der Waals surface area contributed by atoms with Gasteiger partial charge < -0.3 is 14.8 Å². The van der Waals surface area contributed by atoms with Crippen LogP contribution in [-0.4, -0.2) is 35.2 Å². The molecule has 1 heterocycles. The molecular formula is C23H22ClF3N2O3. The number of rotatable bonds is 6. The molecule has 3 rings (SSSR count). The van der Waals surface area contributed by atoms with Gasteiger partial charge in [-0.2, -0.15) is 13.2 Å². The van der Waals surface area contributed by atoms with Gasteiger partial charge in [-0.3, -0.25) is 9.79 Å². The number of hydrogen-bond donors (Lipinski definition) is 2. The predicted octanol–water partition coefficient (Wildman–Crippen LogP) is 5.55. The van der Waals surface area contributed by atoms with Gasteiger partial charge in [-0.1, -0.05) is 37.6 Å². The largest absolute Gasteiger partial charge is 0.495 e. The minimum absolute atomic E-state index is 0.187. The number of H-pyrrole nitrogens is 1. The lowest BCUT2D eigenvalue weighted by molar-refractivity contribution is -0.234. The van der Waals surface area contributed by atoms with E-state index in [1.165, 1.54) is 31.4 Å². The molecule has 32 heavy (non-hydrogen) atoms. The average molecular weight is 467 g/mol. The number of fused-ring (bicyclic) bond motifs is 1.